The van der Waals surface area contributed by atoms with E-state index in [1.165, 1.54) is 32.1 Å². The quantitative estimate of drug-likeness (QED) is 0.347. The molecule has 3 heteroatoms. The molecule has 0 heterocycles. The standard InChI is InChI=1S/C7H16N2Si/c8-7(9)10-6-4-2-1-3-5-6/h6H,1-5,10H2,(H3,8,9). The number of amidine groups is 1. The Morgan fingerprint density at radius 1 is 1.30 bits per heavy atom. The van der Waals surface area contributed by atoms with E-state index in [-0.39, 0.29) is 9.52 Å². The summed E-state index contributed by atoms with van der Waals surface area (Å²) in [5.41, 5.74) is 6.74. The number of rotatable bonds is 2. The number of nitrogens with one attached hydrogen (secondary N) is 1. The van der Waals surface area contributed by atoms with Gasteiger partial charge in [-0.2, -0.15) is 0 Å². The van der Waals surface area contributed by atoms with Crippen molar-refractivity contribution in [3.8, 4) is 0 Å². The van der Waals surface area contributed by atoms with Gasteiger partial charge in [0, 0.05) is 0 Å². The fourth-order valence-electron chi connectivity index (χ4n) is 1.70. The molecule has 0 radical (unpaired) electrons. The minimum Gasteiger partial charge on any atom is -0.392 e. The third-order valence-electron chi connectivity index (χ3n) is 2.23. The predicted molar refractivity (Wildman–Crippen MR) is 47.3 cm³/mol. The van der Waals surface area contributed by atoms with Crippen molar-refractivity contribution in [1.29, 1.82) is 5.41 Å². The van der Waals surface area contributed by atoms with Gasteiger partial charge in [0.2, 0.25) is 0 Å². The first-order valence-corrected chi connectivity index (χ1v) is 5.64. The van der Waals surface area contributed by atoms with Gasteiger partial charge in [-0.05, 0) is 5.54 Å². The van der Waals surface area contributed by atoms with Crippen LogP contribution in [0.5, 0.6) is 0 Å². The zero-order chi connectivity index (χ0) is 7.40. The van der Waals surface area contributed by atoms with Gasteiger partial charge in [-0.15, -0.1) is 0 Å². The molecule has 1 saturated carbocycles. The van der Waals surface area contributed by atoms with Crippen LogP contribution < -0.4 is 5.73 Å². The molecule has 0 spiro atoms. The van der Waals surface area contributed by atoms with Crippen LogP contribution in [0.25, 0.3) is 0 Å². The summed E-state index contributed by atoms with van der Waals surface area (Å²) >= 11 is 0. The van der Waals surface area contributed by atoms with E-state index in [0.717, 1.165) is 5.54 Å². The Morgan fingerprint density at radius 3 is 2.40 bits per heavy atom. The van der Waals surface area contributed by atoms with Gasteiger partial charge in [0.25, 0.3) is 0 Å². The summed E-state index contributed by atoms with van der Waals surface area (Å²) in [5, 5.41) is 7.17. The van der Waals surface area contributed by atoms with E-state index < -0.39 is 0 Å². The maximum Gasteiger partial charge on any atom is 0.101 e. The largest absolute Gasteiger partial charge is 0.392 e. The molecule has 0 atom stereocenters. The van der Waals surface area contributed by atoms with Crippen LogP contribution in [-0.2, 0) is 0 Å². The van der Waals surface area contributed by atoms with E-state index in [4.69, 9.17) is 11.1 Å². The van der Waals surface area contributed by atoms with Gasteiger partial charge in [0.15, 0.2) is 0 Å². The monoisotopic (exact) mass is 156 g/mol. The van der Waals surface area contributed by atoms with Crippen molar-refractivity contribution in [1.82, 2.24) is 0 Å². The second-order valence-electron chi connectivity index (χ2n) is 3.23. The van der Waals surface area contributed by atoms with Gasteiger partial charge in [-0.1, -0.05) is 32.1 Å². The molecule has 0 aromatic carbocycles. The minimum absolute atomic E-state index is 0.339. The van der Waals surface area contributed by atoms with E-state index in [1.54, 1.807) is 0 Å². The van der Waals surface area contributed by atoms with Crippen molar-refractivity contribution in [2.24, 2.45) is 5.73 Å². The maximum absolute atomic E-state index is 7.17. The Bertz CT molecular complexity index is 119. The molecule has 2 nitrogen and oxygen atoms in total. The average Bonchev–Trinajstić information content (AvgIpc) is 1.88. The third kappa shape index (κ3) is 2.52. The molecule has 0 unspecified atom stereocenters. The van der Waals surface area contributed by atoms with Crippen molar-refractivity contribution < 1.29 is 0 Å². The predicted octanol–water partition coefficient (Wildman–Crippen LogP) is 0.801. The van der Waals surface area contributed by atoms with Crippen LogP contribution >= 0.6 is 0 Å². The van der Waals surface area contributed by atoms with E-state index >= 15 is 0 Å². The third-order valence-corrected chi connectivity index (χ3v) is 4.07. The van der Waals surface area contributed by atoms with Crippen LogP contribution in [0.2, 0.25) is 5.54 Å². The van der Waals surface area contributed by atoms with Crippen LogP contribution in [0.3, 0.4) is 0 Å². The van der Waals surface area contributed by atoms with Crippen molar-refractivity contribution in [3.63, 3.8) is 0 Å². The Labute approximate surface area is 64.5 Å². The van der Waals surface area contributed by atoms with E-state index in [2.05, 4.69) is 0 Å². The molecule has 1 aliphatic carbocycles. The summed E-state index contributed by atoms with van der Waals surface area (Å²) in [6, 6.07) is 0. The second kappa shape index (κ2) is 3.76. The molecule has 0 saturated heterocycles. The summed E-state index contributed by atoms with van der Waals surface area (Å²) < 4.78 is 0. The molecule has 1 aliphatic rings. The highest BCUT2D eigenvalue weighted by atomic mass is 28.2. The highest BCUT2D eigenvalue weighted by Crippen LogP contribution is 2.27. The zero-order valence-corrected chi connectivity index (χ0v) is 7.81. The maximum atomic E-state index is 7.17. The molecular weight excluding hydrogens is 140 g/mol. The van der Waals surface area contributed by atoms with E-state index in [1.807, 2.05) is 0 Å². The summed E-state index contributed by atoms with van der Waals surface area (Å²) in [6.45, 7) is 0. The number of hydrogen-bond donors (Lipinski definition) is 2. The van der Waals surface area contributed by atoms with Crippen molar-refractivity contribution in [2.75, 3.05) is 0 Å². The minimum atomic E-state index is -0.339. The summed E-state index contributed by atoms with van der Waals surface area (Å²) in [7, 11) is -0.339. The van der Waals surface area contributed by atoms with Crippen molar-refractivity contribution >= 4 is 15.0 Å². The molecule has 0 bridgehead atoms. The Hall–Kier alpha value is -0.313. The second-order valence-corrected chi connectivity index (χ2v) is 5.56. The number of nitrogens with two attached hydrogens (primary N) is 1. The van der Waals surface area contributed by atoms with Crippen LogP contribution in [0.1, 0.15) is 32.1 Å². The summed E-state index contributed by atoms with van der Waals surface area (Å²) in [5.74, 6) is 0. The van der Waals surface area contributed by atoms with Gasteiger partial charge in [0.1, 0.15) is 9.52 Å². The summed E-state index contributed by atoms with van der Waals surface area (Å²) in [6.07, 6.45) is 6.87. The molecule has 1 fully saturated rings. The fraction of sp³-hybridized carbons (Fsp3) is 0.857. The molecule has 0 aliphatic heterocycles. The number of hydrogen-bond acceptors (Lipinski definition) is 1. The van der Waals surface area contributed by atoms with Gasteiger partial charge >= 0.3 is 0 Å². The van der Waals surface area contributed by atoms with E-state index in [0.29, 0.717) is 5.46 Å². The van der Waals surface area contributed by atoms with Gasteiger partial charge < -0.3 is 5.73 Å². The topological polar surface area (TPSA) is 49.9 Å². The molecule has 58 valence electrons. The Balaban J connectivity index is 2.19. The van der Waals surface area contributed by atoms with Crippen LogP contribution in [-0.4, -0.2) is 15.0 Å². The SMILES string of the molecule is N=C(N)[SiH2]C1CCCCC1. The smallest absolute Gasteiger partial charge is 0.101 e. The first kappa shape index (κ1) is 7.79. The normalized spacial score (nSPS) is 22.0. The lowest BCUT2D eigenvalue weighted by atomic mass is 10.0. The molecule has 3 N–H and O–H groups in total. The molecule has 1 rings (SSSR count). The molecule has 0 aromatic rings. The van der Waals surface area contributed by atoms with Gasteiger partial charge in [-0.25, -0.2) is 0 Å². The molecule has 0 amide bonds. The lowest BCUT2D eigenvalue weighted by Crippen LogP contribution is -2.24. The Morgan fingerprint density at radius 2 is 1.90 bits per heavy atom. The first-order chi connectivity index (χ1) is 4.79. The van der Waals surface area contributed by atoms with Crippen LogP contribution in [0.15, 0.2) is 0 Å². The van der Waals surface area contributed by atoms with Crippen molar-refractivity contribution in [2.45, 2.75) is 37.6 Å². The molecular formula is C7H16N2Si. The van der Waals surface area contributed by atoms with E-state index in [9.17, 15) is 0 Å². The zero-order valence-electron chi connectivity index (χ0n) is 6.40. The lowest BCUT2D eigenvalue weighted by molar-refractivity contribution is 0.502. The van der Waals surface area contributed by atoms with Crippen LogP contribution in [0.4, 0.5) is 0 Å². The van der Waals surface area contributed by atoms with Gasteiger partial charge in [0.05, 0.1) is 5.46 Å². The first-order valence-electron chi connectivity index (χ1n) is 4.12. The van der Waals surface area contributed by atoms with Gasteiger partial charge in [-0.3, -0.25) is 5.41 Å². The average molecular weight is 156 g/mol. The highest BCUT2D eigenvalue weighted by Gasteiger charge is 2.14. The lowest BCUT2D eigenvalue weighted by Gasteiger charge is -2.19. The fourth-order valence-corrected chi connectivity index (χ4v) is 3.31. The molecule has 0 aromatic heterocycles. The Kier molecular flexibility index (Phi) is 2.93. The highest BCUT2D eigenvalue weighted by molar-refractivity contribution is 6.74. The van der Waals surface area contributed by atoms with Crippen molar-refractivity contribution in [3.05, 3.63) is 0 Å². The van der Waals surface area contributed by atoms with Crippen LogP contribution in [0, 0.1) is 5.41 Å². The molecule has 10 heavy (non-hydrogen) atoms. The summed E-state index contributed by atoms with van der Waals surface area (Å²) in [4.78, 5) is 0.